The molecule has 0 aliphatic carbocycles. The summed E-state index contributed by atoms with van der Waals surface area (Å²) in [4.78, 5) is 81.3. The lowest BCUT2D eigenvalue weighted by molar-refractivity contribution is -0.135. The molecule has 6 aromatic carbocycles. The van der Waals surface area contributed by atoms with E-state index in [1.165, 1.54) is 7.11 Å². The van der Waals surface area contributed by atoms with Gasteiger partial charge in [0.1, 0.15) is 32.5 Å². The van der Waals surface area contributed by atoms with Crippen LogP contribution in [0.2, 0.25) is 0 Å². The molecule has 76 heavy (non-hydrogen) atoms. The zero-order chi connectivity index (χ0) is 54.9. The van der Waals surface area contributed by atoms with E-state index in [9.17, 15) is 39.0 Å². The van der Waals surface area contributed by atoms with E-state index in [0.717, 1.165) is 39.6 Å². The zero-order valence-corrected chi connectivity index (χ0v) is 42.9. The van der Waals surface area contributed by atoms with Crippen molar-refractivity contribution in [1.29, 1.82) is 0 Å². The minimum atomic E-state index is -1.60. The molecule has 6 aromatic rings. The van der Waals surface area contributed by atoms with Crippen molar-refractivity contribution in [2.24, 2.45) is 5.16 Å². The van der Waals surface area contributed by atoms with Crippen molar-refractivity contribution >= 4 is 42.0 Å². The molecule has 1 fully saturated rings. The molecule has 0 spiro atoms. The van der Waals surface area contributed by atoms with Gasteiger partial charge in [-0.1, -0.05) is 111 Å². The number of ether oxygens (including phenoxy) is 7. The van der Waals surface area contributed by atoms with Gasteiger partial charge in [-0.15, -0.1) is 0 Å². The molecule has 0 radical (unpaired) electrons. The van der Waals surface area contributed by atoms with Crippen LogP contribution < -0.4 is 0 Å². The van der Waals surface area contributed by atoms with E-state index in [4.69, 9.17) is 38.0 Å². The van der Waals surface area contributed by atoms with Crippen molar-refractivity contribution in [2.45, 2.75) is 84.5 Å². The van der Waals surface area contributed by atoms with Gasteiger partial charge in [0.2, 0.25) is 0 Å². The van der Waals surface area contributed by atoms with Crippen molar-refractivity contribution in [1.82, 2.24) is 0 Å². The molecule has 1 saturated heterocycles. The van der Waals surface area contributed by atoms with Gasteiger partial charge >= 0.3 is 35.8 Å². The Morgan fingerprint density at radius 3 is 1.20 bits per heavy atom. The standard InChI is InChI=1S/C30H31NO8.C29H28O8/c1-19-5-11-22(12-6-19)28(33)37-18-25(32)27(39-30(35)24-15-9-21(3)10-16-24)26(17-31-36-4)38-29(34)23-13-7-20(2)8-14-23;1-17-4-10-20(11-5-17)26(30)34-16-23-24(36-27(31)21-12-6-18(2)7-13-21)25(29(33)35-23)37-28(32)22-14-8-19(3)9-15-22/h5-17,25-27,32H,18H2,1-4H3;4-15,23-25,29,33H,16H2,1-3H3/b31-17+;/t25-,26-,27-;23-,24-,25+,29?/m00/s1. The fourth-order valence-electron chi connectivity index (χ4n) is 7.26. The van der Waals surface area contributed by atoms with E-state index in [-0.39, 0.29) is 34.4 Å². The molecule has 1 unspecified atom stereocenters. The monoisotopic (exact) mass is 1040 g/mol. The lowest BCUT2D eigenvalue weighted by atomic mass is 10.1. The number of aliphatic hydroxyl groups is 2. The maximum atomic E-state index is 13.0. The summed E-state index contributed by atoms with van der Waals surface area (Å²) in [5.74, 6) is -4.25. The molecular formula is C59H59NO16. The number of carbonyl (C=O) groups excluding carboxylic acids is 6. The summed E-state index contributed by atoms with van der Waals surface area (Å²) in [6.07, 6.45) is -8.64. The minimum Gasteiger partial charge on any atom is -0.459 e. The molecular weight excluding hydrogens is 979 g/mol. The van der Waals surface area contributed by atoms with E-state index >= 15 is 0 Å². The average Bonchev–Trinajstić information content (AvgIpc) is 3.70. The third-order valence-corrected chi connectivity index (χ3v) is 11.8. The summed E-state index contributed by atoms with van der Waals surface area (Å²) in [6, 6.07) is 40.1. The van der Waals surface area contributed by atoms with Gasteiger partial charge in [0.25, 0.3) is 0 Å². The van der Waals surface area contributed by atoms with Crippen LogP contribution in [0, 0.1) is 41.5 Å². The number of hydrogen-bond donors (Lipinski definition) is 2. The highest BCUT2D eigenvalue weighted by Crippen LogP contribution is 2.28. The van der Waals surface area contributed by atoms with Crippen molar-refractivity contribution in [3.8, 4) is 0 Å². The maximum Gasteiger partial charge on any atom is 0.338 e. The SMILES string of the molecule is CO/N=C/[C@H](OC(=O)c1ccc(C)cc1)[C@@H](OC(=O)c1ccc(C)cc1)[C@@H](O)COC(=O)c1ccc(C)cc1.Cc1ccc(C(=O)OC[C@@H]2OC(O)[C@H](OC(=O)c3ccc(C)cc3)[C@H]2OC(=O)c2ccc(C)cc2)cc1. The fourth-order valence-corrected chi connectivity index (χ4v) is 7.26. The van der Waals surface area contributed by atoms with Crippen molar-refractivity contribution in [2.75, 3.05) is 20.3 Å². The highest BCUT2D eigenvalue weighted by molar-refractivity contribution is 5.93. The van der Waals surface area contributed by atoms with Gasteiger partial charge in [0, 0.05) is 0 Å². The van der Waals surface area contributed by atoms with Gasteiger partial charge in [-0.05, 0) is 114 Å². The van der Waals surface area contributed by atoms with Crippen LogP contribution in [0.15, 0.2) is 151 Å². The van der Waals surface area contributed by atoms with Crippen LogP contribution in [0.25, 0.3) is 0 Å². The number of aryl methyl sites for hydroxylation is 6. The topological polar surface area (TPSA) is 229 Å². The number of hydrogen-bond acceptors (Lipinski definition) is 17. The number of aliphatic hydroxyl groups excluding tert-OH is 2. The average molecular weight is 1040 g/mol. The second kappa shape index (κ2) is 27.1. The number of rotatable bonds is 18. The van der Waals surface area contributed by atoms with Crippen LogP contribution in [-0.4, -0.2) is 115 Å². The molecule has 17 heteroatoms. The molecule has 0 amide bonds. The molecule has 7 atom stereocenters. The summed E-state index contributed by atoms with van der Waals surface area (Å²) in [7, 11) is 1.28. The summed E-state index contributed by atoms with van der Waals surface area (Å²) in [5, 5.41) is 25.3. The molecule has 2 N–H and O–H groups in total. The lowest BCUT2D eigenvalue weighted by Gasteiger charge is -2.28. The van der Waals surface area contributed by atoms with Gasteiger partial charge in [-0.3, -0.25) is 0 Å². The number of esters is 6. The van der Waals surface area contributed by atoms with Crippen LogP contribution in [0.3, 0.4) is 0 Å². The van der Waals surface area contributed by atoms with Gasteiger partial charge < -0.3 is 48.2 Å². The Kier molecular flexibility index (Phi) is 20.3. The second-order valence-electron chi connectivity index (χ2n) is 17.9. The van der Waals surface area contributed by atoms with Gasteiger partial charge in [0.15, 0.2) is 30.7 Å². The molecule has 1 aliphatic rings. The third-order valence-electron chi connectivity index (χ3n) is 11.8. The Morgan fingerprint density at radius 2 is 0.816 bits per heavy atom. The van der Waals surface area contributed by atoms with Crippen molar-refractivity contribution in [3.05, 3.63) is 212 Å². The second-order valence-corrected chi connectivity index (χ2v) is 17.9. The number of carbonyl (C=O) groups is 6. The van der Waals surface area contributed by atoms with E-state index in [1.807, 2.05) is 41.5 Å². The van der Waals surface area contributed by atoms with Crippen LogP contribution in [0.4, 0.5) is 0 Å². The molecule has 1 heterocycles. The van der Waals surface area contributed by atoms with Crippen LogP contribution in [-0.2, 0) is 38.0 Å². The van der Waals surface area contributed by atoms with Crippen LogP contribution in [0.5, 0.6) is 0 Å². The quantitative estimate of drug-likeness (QED) is 0.0358. The zero-order valence-electron chi connectivity index (χ0n) is 42.9. The first-order chi connectivity index (χ1) is 36.4. The summed E-state index contributed by atoms with van der Waals surface area (Å²) in [5.41, 5.74) is 7.34. The largest absolute Gasteiger partial charge is 0.459 e. The maximum absolute atomic E-state index is 13.0. The van der Waals surface area contributed by atoms with E-state index in [0.29, 0.717) is 5.56 Å². The Hall–Kier alpha value is -8.51. The number of nitrogens with zero attached hydrogens (tertiary/aromatic N) is 1. The van der Waals surface area contributed by atoms with E-state index in [1.54, 1.807) is 146 Å². The van der Waals surface area contributed by atoms with E-state index < -0.39 is 85.3 Å². The minimum absolute atomic E-state index is 0.210. The predicted molar refractivity (Wildman–Crippen MR) is 277 cm³/mol. The molecule has 396 valence electrons. The Labute approximate surface area is 439 Å². The Morgan fingerprint density at radius 1 is 0.487 bits per heavy atom. The van der Waals surface area contributed by atoms with Gasteiger partial charge in [-0.2, -0.15) is 0 Å². The first-order valence-electron chi connectivity index (χ1n) is 24.1. The molecule has 0 bridgehead atoms. The highest BCUT2D eigenvalue weighted by Gasteiger charge is 2.50. The summed E-state index contributed by atoms with van der Waals surface area (Å²) >= 11 is 0. The number of oxime groups is 1. The first-order valence-corrected chi connectivity index (χ1v) is 24.1. The van der Waals surface area contributed by atoms with E-state index in [2.05, 4.69) is 5.16 Å². The highest BCUT2D eigenvalue weighted by atomic mass is 16.7. The summed E-state index contributed by atoms with van der Waals surface area (Å²) < 4.78 is 38.5. The Bertz CT molecular complexity index is 2940. The molecule has 7 rings (SSSR count). The molecule has 0 saturated carbocycles. The van der Waals surface area contributed by atoms with Crippen LogP contribution in [0.1, 0.15) is 95.5 Å². The molecule has 17 nitrogen and oxygen atoms in total. The Balaban J connectivity index is 0.000000247. The van der Waals surface area contributed by atoms with Gasteiger partial charge in [0.05, 0.1) is 39.6 Å². The smallest absolute Gasteiger partial charge is 0.338 e. The van der Waals surface area contributed by atoms with Crippen molar-refractivity contribution < 1.29 is 77.0 Å². The normalized spacial score (nSPS) is 16.9. The molecule has 1 aliphatic heterocycles. The number of benzene rings is 6. The third kappa shape index (κ3) is 16.2. The first kappa shape index (κ1) is 56.8. The van der Waals surface area contributed by atoms with Crippen molar-refractivity contribution in [3.63, 3.8) is 0 Å². The van der Waals surface area contributed by atoms with Gasteiger partial charge in [-0.25, -0.2) is 28.8 Å². The molecule has 0 aromatic heterocycles. The fraction of sp³-hybridized carbons (Fsp3) is 0.271. The lowest BCUT2D eigenvalue weighted by Crippen LogP contribution is -2.46. The summed E-state index contributed by atoms with van der Waals surface area (Å²) in [6.45, 7) is 10.4. The van der Waals surface area contributed by atoms with Crippen LogP contribution >= 0.6 is 0 Å². The predicted octanol–water partition coefficient (Wildman–Crippen LogP) is 8.15.